The number of fused-ring (bicyclic) bond motifs is 1. The SMILES string of the molecule is c1cc2c(cc1CC1CCCCN1)OCCCO2. The van der Waals surface area contributed by atoms with Crippen LogP contribution in [0.1, 0.15) is 31.2 Å². The number of nitrogens with one attached hydrogen (secondary N) is 1. The first-order valence-corrected chi connectivity index (χ1v) is 7.04. The monoisotopic (exact) mass is 247 g/mol. The Morgan fingerprint density at radius 2 is 1.94 bits per heavy atom. The van der Waals surface area contributed by atoms with E-state index in [0.717, 1.165) is 44.1 Å². The fourth-order valence-corrected chi connectivity index (χ4v) is 2.72. The Morgan fingerprint density at radius 1 is 1.06 bits per heavy atom. The van der Waals surface area contributed by atoms with Gasteiger partial charge in [0.1, 0.15) is 0 Å². The molecule has 2 aliphatic rings. The lowest BCUT2D eigenvalue weighted by Gasteiger charge is -2.23. The second kappa shape index (κ2) is 5.61. The Balaban J connectivity index is 1.70. The van der Waals surface area contributed by atoms with Crippen LogP contribution in [0.5, 0.6) is 11.5 Å². The third-order valence-electron chi connectivity index (χ3n) is 3.71. The first kappa shape index (κ1) is 11.8. The minimum atomic E-state index is 0.628. The van der Waals surface area contributed by atoms with Gasteiger partial charge in [-0.15, -0.1) is 0 Å². The molecule has 1 atom stereocenters. The Morgan fingerprint density at radius 3 is 2.78 bits per heavy atom. The summed E-state index contributed by atoms with van der Waals surface area (Å²) < 4.78 is 11.4. The molecule has 3 nitrogen and oxygen atoms in total. The molecular weight excluding hydrogens is 226 g/mol. The quantitative estimate of drug-likeness (QED) is 0.871. The highest BCUT2D eigenvalue weighted by atomic mass is 16.5. The van der Waals surface area contributed by atoms with Gasteiger partial charge in [-0.2, -0.15) is 0 Å². The third kappa shape index (κ3) is 2.78. The molecule has 1 fully saturated rings. The summed E-state index contributed by atoms with van der Waals surface area (Å²) in [5.41, 5.74) is 1.35. The molecule has 0 saturated carbocycles. The van der Waals surface area contributed by atoms with Gasteiger partial charge in [-0.25, -0.2) is 0 Å². The largest absolute Gasteiger partial charge is 0.490 e. The average Bonchev–Trinajstić information content (AvgIpc) is 2.64. The summed E-state index contributed by atoms with van der Waals surface area (Å²) in [7, 11) is 0. The number of rotatable bonds is 2. The molecule has 0 amide bonds. The normalized spacial score (nSPS) is 23.4. The lowest BCUT2D eigenvalue weighted by atomic mass is 9.97. The van der Waals surface area contributed by atoms with Gasteiger partial charge in [0.15, 0.2) is 11.5 Å². The zero-order chi connectivity index (χ0) is 12.2. The maximum atomic E-state index is 5.73. The molecule has 0 aliphatic carbocycles. The molecule has 3 rings (SSSR count). The van der Waals surface area contributed by atoms with E-state index in [0.29, 0.717) is 6.04 Å². The number of piperidine rings is 1. The van der Waals surface area contributed by atoms with Crippen molar-refractivity contribution in [2.24, 2.45) is 0 Å². The van der Waals surface area contributed by atoms with Crippen molar-refractivity contribution in [3.8, 4) is 11.5 Å². The first-order chi connectivity index (χ1) is 8.92. The molecule has 18 heavy (non-hydrogen) atoms. The summed E-state index contributed by atoms with van der Waals surface area (Å²) in [5, 5.41) is 3.59. The Labute approximate surface area is 108 Å². The van der Waals surface area contributed by atoms with Crippen molar-refractivity contribution < 1.29 is 9.47 Å². The second-order valence-electron chi connectivity index (χ2n) is 5.18. The summed E-state index contributed by atoms with van der Waals surface area (Å²) >= 11 is 0. The fourth-order valence-electron chi connectivity index (χ4n) is 2.72. The van der Waals surface area contributed by atoms with E-state index in [4.69, 9.17) is 9.47 Å². The van der Waals surface area contributed by atoms with Crippen molar-refractivity contribution in [2.75, 3.05) is 19.8 Å². The van der Waals surface area contributed by atoms with E-state index in [-0.39, 0.29) is 0 Å². The highest BCUT2D eigenvalue weighted by Gasteiger charge is 2.15. The van der Waals surface area contributed by atoms with E-state index in [1.807, 2.05) is 0 Å². The van der Waals surface area contributed by atoms with Crippen LogP contribution < -0.4 is 14.8 Å². The Kier molecular flexibility index (Phi) is 3.69. The summed E-state index contributed by atoms with van der Waals surface area (Å²) in [5.74, 6) is 1.81. The van der Waals surface area contributed by atoms with Gasteiger partial charge in [0.25, 0.3) is 0 Å². The van der Waals surface area contributed by atoms with Crippen molar-refractivity contribution in [1.82, 2.24) is 5.32 Å². The van der Waals surface area contributed by atoms with E-state index in [1.54, 1.807) is 0 Å². The minimum absolute atomic E-state index is 0.628. The van der Waals surface area contributed by atoms with Gasteiger partial charge in [0.2, 0.25) is 0 Å². The van der Waals surface area contributed by atoms with Gasteiger partial charge >= 0.3 is 0 Å². The van der Waals surface area contributed by atoms with E-state index >= 15 is 0 Å². The summed E-state index contributed by atoms with van der Waals surface area (Å²) in [4.78, 5) is 0. The molecule has 0 bridgehead atoms. The van der Waals surface area contributed by atoms with E-state index in [2.05, 4.69) is 23.5 Å². The van der Waals surface area contributed by atoms with E-state index < -0.39 is 0 Å². The van der Waals surface area contributed by atoms with Gasteiger partial charge in [0.05, 0.1) is 13.2 Å². The summed E-state index contributed by atoms with van der Waals surface area (Å²) in [6.07, 6.45) is 6.01. The van der Waals surface area contributed by atoms with E-state index in [1.165, 1.54) is 24.8 Å². The van der Waals surface area contributed by atoms with Crippen LogP contribution in [0, 0.1) is 0 Å². The molecule has 0 radical (unpaired) electrons. The molecule has 2 aliphatic heterocycles. The standard InChI is InChI=1S/C15H21NO2/c1-2-7-16-13(4-1)10-12-5-6-14-15(11-12)18-9-3-8-17-14/h5-6,11,13,16H,1-4,7-10H2. The van der Waals surface area contributed by atoms with Gasteiger partial charge in [0, 0.05) is 12.5 Å². The summed E-state index contributed by atoms with van der Waals surface area (Å²) in [6.45, 7) is 2.68. The Bertz CT molecular complexity index is 399. The van der Waals surface area contributed by atoms with Crippen molar-refractivity contribution in [1.29, 1.82) is 0 Å². The van der Waals surface area contributed by atoms with Crippen LogP contribution in [-0.2, 0) is 6.42 Å². The first-order valence-electron chi connectivity index (χ1n) is 7.04. The maximum absolute atomic E-state index is 5.73. The van der Waals surface area contributed by atoms with Gasteiger partial charge in [-0.3, -0.25) is 0 Å². The zero-order valence-electron chi connectivity index (χ0n) is 10.8. The van der Waals surface area contributed by atoms with Gasteiger partial charge < -0.3 is 14.8 Å². The molecule has 0 spiro atoms. The molecule has 98 valence electrons. The average molecular weight is 247 g/mol. The smallest absolute Gasteiger partial charge is 0.161 e. The molecule has 1 saturated heterocycles. The second-order valence-corrected chi connectivity index (χ2v) is 5.18. The predicted octanol–water partition coefficient (Wildman–Crippen LogP) is 2.53. The van der Waals surface area contributed by atoms with Crippen molar-refractivity contribution in [3.63, 3.8) is 0 Å². The van der Waals surface area contributed by atoms with Crippen molar-refractivity contribution in [3.05, 3.63) is 23.8 Å². The molecule has 2 heterocycles. The molecule has 1 N–H and O–H groups in total. The highest BCUT2D eigenvalue weighted by Crippen LogP contribution is 2.31. The third-order valence-corrected chi connectivity index (χ3v) is 3.71. The molecule has 1 aromatic carbocycles. The minimum Gasteiger partial charge on any atom is -0.490 e. The topological polar surface area (TPSA) is 30.5 Å². The molecule has 3 heteroatoms. The van der Waals surface area contributed by atoms with Crippen LogP contribution in [-0.4, -0.2) is 25.8 Å². The molecule has 0 aromatic heterocycles. The zero-order valence-corrected chi connectivity index (χ0v) is 10.8. The van der Waals surface area contributed by atoms with Gasteiger partial charge in [-0.05, 0) is 43.5 Å². The number of hydrogen-bond donors (Lipinski definition) is 1. The number of ether oxygens (including phenoxy) is 2. The molecule has 1 aromatic rings. The van der Waals surface area contributed by atoms with E-state index in [9.17, 15) is 0 Å². The Hall–Kier alpha value is -1.22. The lowest BCUT2D eigenvalue weighted by molar-refractivity contribution is 0.297. The molecule has 1 unspecified atom stereocenters. The van der Waals surface area contributed by atoms with Crippen LogP contribution in [0.25, 0.3) is 0 Å². The summed E-state index contributed by atoms with van der Waals surface area (Å²) in [6, 6.07) is 7.00. The molecular formula is C15H21NO2. The van der Waals surface area contributed by atoms with Crippen LogP contribution in [0.15, 0.2) is 18.2 Å². The van der Waals surface area contributed by atoms with Crippen LogP contribution >= 0.6 is 0 Å². The highest BCUT2D eigenvalue weighted by molar-refractivity contribution is 5.43. The predicted molar refractivity (Wildman–Crippen MR) is 71.4 cm³/mol. The van der Waals surface area contributed by atoms with Crippen LogP contribution in [0.3, 0.4) is 0 Å². The van der Waals surface area contributed by atoms with Crippen molar-refractivity contribution >= 4 is 0 Å². The maximum Gasteiger partial charge on any atom is 0.161 e. The number of benzene rings is 1. The number of hydrogen-bond acceptors (Lipinski definition) is 3. The van der Waals surface area contributed by atoms with Crippen molar-refractivity contribution in [2.45, 2.75) is 38.1 Å². The van der Waals surface area contributed by atoms with Crippen LogP contribution in [0.4, 0.5) is 0 Å². The van der Waals surface area contributed by atoms with Crippen LogP contribution in [0.2, 0.25) is 0 Å². The fraction of sp³-hybridized carbons (Fsp3) is 0.600. The lowest BCUT2D eigenvalue weighted by Crippen LogP contribution is -2.35. The van der Waals surface area contributed by atoms with Gasteiger partial charge in [-0.1, -0.05) is 12.5 Å².